The maximum atomic E-state index is 11.4. The van der Waals surface area contributed by atoms with Gasteiger partial charge in [-0.3, -0.25) is 14.9 Å². The molecule has 1 unspecified atom stereocenters. The van der Waals surface area contributed by atoms with Crippen LogP contribution in [0, 0.1) is 0 Å². The monoisotopic (exact) mass is 221 g/mol. The van der Waals surface area contributed by atoms with Gasteiger partial charge in [-0.05, 0) is 6.42 Å². The van der Waals surface area contributed by atoms with Gasteiger partial charge >= 0.3 is 0 Å². The maximum Gasteiger partial charge on any atom is 0.249 e. The van der Waals surface area contributed by atoms with Crippen LogP contribution in [0.3, 0.4) is 0 Å². The third-order valence-corrected chi connectivity index (χ3v) is 2.25. The van der Waals surface area contributed by atoms with E-state index in [0.717, 1.165) is 0 Å². The fourth-order valence-electron chi connectivity index (χ4n) is 1.46. The standard InChI is InChI=1S/C9H11N5O2/c10-6-3-7(12-4-11-6)13-5-1-2-8(15)14-9(5)16/h3-5H,1-2H2,(H,14,15,16)(H3,10,11,12,13). The van der Waals surface area contributed by atoms with Gasteiger partial charge in [-0.2, -0.15) is 0 Å². The molecule has 4 N–H and O–H groups in total. The van der Waals surface area contributed by atoms with Gasteiger partial charge in [0.15, 0.2) is 0 Å². The molecule has 7 nitrogen and oxygen atoms in total. The number of nitrogen functional groups attached to an aromatic ring is 1. The summed E-state index contributed by atoms with van der Waals surface area (Å²) in [4.78, 5) is 30.0. The van der Waals surface area contributed by atoms with Gasteiger partial charge in [0.2, 0.25) is 11.8 Å². The number of nitrogens with two attached hydrogens (primary N) is 1. The second-order valence-electron chi connectivity index (χ2n) is 3.48. The smallest absolute Gasteiger partial charge is 0.249 e. The molecule has 0 aromatic carbocycles. The van der Waals surface area contributed by atoms with Gasteiger partial charge < -0.3 is 11.1 Å². The number of piperidine rings is 1. The molecule has 84 valence electrons. The van der Waals surface area contributed by atoms with Gasteiger partial charge in [-0.25, -0.2) is 9.97 Å². The second kappa shape index (κ2) is 4.13. The molecule has 1 atom stereocenters. The van der Waals surface area contributed by atoms with Crippen LogP contribution < -0.4 is 16.4 Å². The molecule has 16 heavy (non-hydrogen) atoms. The summed E-state index contributed by atoms with van der Waals surface area (Å²) in [5.41, 5.74) is 5.47. The van der Waals surface area contributed by atoms with Crippen molar-refractivity contribution in [2.24, 2.45) is 0 Å². The Morgan fingerprint density at radius 1 is 1.44 bits per heavy atom. The van der Waals surface area contributed by atoms with E-state index < -0.39 is 6.04 Å². The highest BCUT2D eigenvalue weighted by molar-refractivity contribution is 6.01. The lowest BCUT2D eigenvalue weighted by molar-refractivity contribution is -0.133. The first kappa shape index (κ1) is 10.3. The Hall–Kier alpha value is -2.18. The predicted octanol–water partition coefficient (Wildman–Crippen LogP) is -0.724. The van der Waals surface area contributed by atoms with Crippen LogP contribution in [-0.4, -0.2) is 27.8 Å². The fourth-order valence-corrected chi connectivity index (χ4v) is 1.46. The van der Waals surface area contributed by atoms with E-state index in [-0.39, 0.29) is 11.8 Å². The van der Waals surface area contributed by atoms with Crippen LogP contribution in [0.4, 0.5) is 11.6 Å². The predicted molar refractivity (Wildman–Crippen MR) is 56.2 cm³/mol. The van der Waals surface area contributed by atoms with Gasteiger partial charge in [0.05, 0.1) is 0 Å². The van der Waals surface area contributed by atoms with Crippen LogP contribution in [0.5, 0.6) is 0 Å². The molecule has 0 spiro atoms. The van der Waals surface area contributed by atoms with Crippen molar-refractivity contribution in [1.82, 2.24) is 15.3 Å². The quantitative estimate of drug-likeness (QED) is 0.568. The van der Waals surface area contributed by atoms with Crippen molar-refractivity contribution < 1.29 is 9.59 Å². The molecular formula is C9H11N5O2. The van der Waals surface area contributed by atoms with E-state index in [0.29, 0.717) is 24.5 Å². The molecule has 1 aromatic rings. The van der Waals surface area contributed by atoms with Gasteiger partial charge in [0.1, 0.15) is 24.0 Å². The van der Waals surface area contributed by atoms with Crippen molar-refractivity contribution in [3.05, 3.63) is 12.4 Å². The number of aromatic nitrogens is 2. The van der Waals surface area contributed by atoms with Crippen molar-refractivity contribution in [2.45, 2.75) is 18.9 Å². The molecule has 1 fully saturated rings. The van der Waals surface area contributed by atoms with E-state index in [1.54, 1.807) is 0 Å². The Morgan fingerprint density at radius 2 is 2.25 bits per heavy atom. The van der Waals surface area contributed by atoms with Crippen LogP contribution in [0.15, 0.2) is 12.4 Å². The molecule has 0 aliphatic carbocycles. The first-order valence-corrected chi connectivity index (χ1v) is 4.83. The van der Waals surface area contributed by atoms with Crippen molar-refractivity contribution >= 4 is 23.5 Å². The lowest BCUT2D eigenvalue weighted by Gasteiger charge is -2.22. The highest BCUT2D eigenvalue weighted by Crippen LogP contribution is 2.12. The Labute approximate surface area is 91.5 Å². The summed E-state index contributed by atoms with van der Waals surface area (Å²) >= 11 is 0. The molecule has 0 bridgehead atoms. The molecule has 7 heteroatoms. The highest BCUT2D eigenvalue weighted by Gasteiger charge is 2.26. The summed E-state index contributed by atoms with van der Waals surface area (Å²) < 4.78 is 0. The van der Waals surface area contributed by atoms with E-state index in [1.807, 2.05) is 0 Å². The maximum absolute atomic E-state index is 11.4. The van der Waals surface area contributed by atoms with Crippen molar-refractivity contribution in [3.8, 4) is 0 Å². The zero-order valence-electron chi connectivity index (χ0n) is 8.43. The van der Waals surface area contributed by atoms with Crippen molar-refractivity contribution in [2.75, 3.05) is 11.1 Å². The molecule has 2 amide bonds. The third kappa shape index (κ3) is 2.25. The Kier molecular flexibility index (Phi) is 2.67. The number of carbonyl (C=O) groups excluding carboxylic acids is 2. The Morgan fingerprint density at radius 3 is 2.94 bits per heavy atom. The number of hydrogen-bond donors (Lipinski definition) is 3. The zero-order valence-corrected chi connectivity index (χ0v) is 8.43. The normalized spacial score (nSPS) is 20.4. The number of nitrogens with zero attached hydrogens (tertiary/aromatic N) is 2. The average Bonchev–Trinajstić information content (AvgIpc) is 2.22. The number of anilines is 2. The summed E-state index contributed by atoms with van der Waals surface area (Å²) in [7, 11) is 0. The minimum absolute atomic E-state index is 0.245. The van der Waals surface area contributed by atoms with Crippen LogP contribution in [0.2, 0.25) is 0 Å². The number of nitrogens with one attached hydrogen (secondary N) is 2. The van der Waals surface area contributed by atoms with Crippen molar-refractivity contribution in [1.29, 1.82) is 0 Å². The van der Waals surface area contributed by atoms with Crippen LogP contribution >= 0.6 is 0 Å². The summed E-state index contributed by atoms with van der Waals surface area (Å²) in [5, 5.41) is 5.15. The molecular weight excluding hydrogens is 210 g/mol. The second-order valence-corrected chi connectivity index (χ2v) is 3.48. The highest BCUT2D eigenvalue weighted by atomic mass is 16.2. The number of carbonyl (C=O) groups is 2. The number of hydrogen-bond acceptors (Lipinski definition) is 6. The van der Waals surface area contributed by atoms with E-state index in [4.69, 9.17) is 5.73 Å². The van der Waals surface area contributed by atoms with Crippen LogP contribution in [-0.2, 0) is 9.59 Å². The molecule has 1 aliphatic heterocycles. The molecule has 2 rings (SSSR count). The third-order valence-electron chi connectivity index (χ3n) is 2.25. The van der Waals surface area contributed by atoms with E-state index in [1.165, 1.54) is 12.4 Å². The van der Waals surface area contributed by atoms with Gasteiger partial charge in [0.25, 0.3) is 0 Å². The minimum Gasteiger partial charge on any atom is -0.384 e. The topological polar surface area (TPSA) is 110 Å². The fraction of sp³-hybridized carbons (Fsp3) is 0.333. The molecule has 0 saturated carbocycles. The summed E-state index contributed by atoms with van der Waals surface area (Å²) in [6.45, 7) is 0. The summed E-state index contributed by atoms with van der Waals surface area (Å²) in [5.74, 6) is 0.213. The first-order valence-electron chi connectivity index (χ1n) is 4.83. The summed E-state index contributed by atoms with van der Waals surface area (Å²) in [6, 6.07) is 1.08. The molecule has 0 radical (unpaired) electrons. The van der Waals surface area contributed by atoms with E-state index in [9.17, 15) is 9.59 Å². The molecule has 1 saturated heterocycles. The van der Waals surface area contributed by atoms with Crippen LogP contribution in [0.25, 0.3) is 0 Å². The van der Waals surface area contributed by atoms with E-state index >= 15 is 0 Å². The molecule has 1 aliphatic rings. The van der Waals surface area contributed by atoms with E-state index in [2.05, 4.69) is 20.6 Å². The Bertz CT molecular complexity index is 434. The van der Waals surface area contributed by atoms with Gasteiger partial charge in [-0.15, -0.1) is 0 Å². The number of amides is 2. The number of imide groups is 1. The first-order chi connectivity index (χ1) is 7.65. The number of rotatable bonds is 2. The zero-order chi connectivity index (χ0) is 11.5. The molecule has 1 aromatic heterocycles. The van der Waals surface area contributed by atoms with Crippen molar-refractivity contribution in [3.63, 3.8) is 0 Å². The lowest BCUT2D eigenvalue weighted by Crippen LogP contribution is -2.47. The largest absolute Gasteiger partial charge is 0.384 e. The summed E-state index contributed by atoms with van der Waals surface area (Å²) in [6.07, 6.45) is 2.09. The lowest BCUT2D eigenvalue weighted by atomic mass is 10.1. The van der Waals surface area contributed by atoms with Gasteiger partial charge in [-0.1, -0.05) is 0 Å². The minimum atomic E-state index is -0.452. The Balaban J connectivity index is 2.05. The molecule has 2 heterocycles. The van der Waals surface area contributed by atoms with Gasteiger partial charge in [0, 0.05) is 12.5 Å². The average molecular weight is 221 g/mol. The van der Waals surface area contributed by atoms with Crippen LogP contribution in [0.1, 0.15) is 12.8 Å². The SMILES string of the molecule is Nc1cc(NC2CCC(=O)NC2=O)ncn1.